The van der Waals surface area contributed by atoms with Crippen molar-refractivity contribution in [2.75, 3.05) is 33.2 Å². The Bertz CT molecular complexity index is 353. The van der Waals surface area contributed by atoms with Crippen molar-refractivity contribution in [1.29, 1.82) is 0 Å². The van der Waals surface area contributed by atoms with Gasteiger partial charge in [-0.05, 0) is 32.7 Å². The molecule has 2 rings (SSSR count). The van der Waals surface area contributed by atoms with Crippen LogP contribution in [-0.4, -0.2) is 60.9 Å². The van der Waals surface area contributed by atoms with Crippen LogP contribution in [0, 0.1) is 0 Å². The van der Waals surface area contributed by atoms with Gasteiger partial charge in [-0.3, -0.25) is 14.5 Å². The van der Waals surface area contributed by atoms with Gasteiger partial charge in [0.25, 0.3) is 0 Å². The van der Waals surface area contributed by atoms with Crippen LogP contribution in [0.5, 0.6) is 0 Å². The number of carbonyl (C=O) groups excluding carboxylic acids is 2. The number of hydrogen-bond acceptors (Lipinski definition) is 3. The summed E-state index contributed by atoms with van der Waals surface area (Å²) in [6.07, 6.45) is 8.90. The van der Waals surface area contributed by atoms with Gasteiger partial charge in [-0.15, -0.1) is 0 Å². The van der Waals surface area contributed by atoms with Gasteiger partial charge in [0.2, 0.25) is 11.8 Å². The molecule has 1 aliphatic carbocycles. The van der Waals surface area contributed by atoms with E-state index in [9.17, 15) is 9.59 Å². The maximum Gasteiger partial charge on any atom is 0.234 e. The molecular formula is C16H29N3O2. The average Bonchev–Trinajstić information content (AvgIpc) is 2.90. The summed E-state index contributed by atoms with van der Waals surface area (Å²) in [6, 6.07) is 0.576. The van der Waals surface area contributed by atoms with Gasteiger partial charge < -0.3 is 10.2 Å². The molecule has 1 aliphatic heterocycles. The molecule has 2 amide bonds. The van der Waals surface area contributed by atoms with Crippen molar-refractivity contribution in [3.8, 4) is 0 Å². The fourth-order valence-electron chi connectivity index (χ4n) is 3.37. The van der Waals surface area contributed by atoms with E-state index in [2.05, 4.69) is 17.3 Å². The largest absolute Gasteiger partial charge is 0.355 e. The van der Waals surface area contributed by atoms with Crippen molar-refractivity contribution in [3.05, 3.63) is 0 Å². The number of nitrogens with one attached hydrogen (secondary N) is 1. The minimum Gasteiger partial charge on any atom is -0.355 e. The highest BCUT2D eigenvalue weighted by molar-refractivity contribution is 5.78. The van der Waals surface area contributed by atoms with Gasteiger partial charge in [0.05, 0.1) is 6.54 Å². The normalized spacial score (nSPS) is 20.3. The number of amides is 2. The molecule has 21 heavy (non-hydrogen) atoms. The molecule has 0 radical (unpaired) electrons. The minimum absolute atomic E-state index is 0.107. The monoisotopic (exact) mass is 295 g/mol. The topological polar surface area (TPSA) is 52.7 Å². The van der Waals surface area contributed by atoms with E-state index in [4.69, 9.17) is 0 Å². The second-order valence-corrected chi connectivity index (χ2v) is 6.39. The quantitative estimate of drug-likeness (QED) is 0.722. The van der Waals surface area contributed by atoms with Crippen LogP contribution in [0.15, 0.2) is 0 Å². The molecule has 2 fully saturated rings. The fourth-order valence-corrected chi connectivity index (χ4v) is 3.37. The number of hydrogen-bond donors (Lipinski definition) is 1. The van der Waals surface area contributed by atoms with Crippen molar-refractivity contribution in [2.45, 2.75) is 57.4 Å². The van der Waals surface area contributed by atoms with Crippen molar-refractivity contribution >= 4 is 11.8 Å². The summed E-state index contributed by atoms with van der Waals surface area (Å²) in [6.45, 7) is 2.82. The Hall–Kier alpha value is -1.10. The number of likely N-dealkylation sites (N-methyl/N-ethyl adjacent to an activating group) is 1. The standard InChI is InChI=1S/C16H29N3O2/c1-18(14-7-3-2-4-8-14)13-15(20)17-10-6-12-19-11-5-9-16(19)21/h14H,2-13H2,1H3,(H,17,20). The molecule has 1 saturated carbocycles. The zero-order valence-electron chi connectivity index (χ0n) is 13.3. The smallest absolute Gasteiger partial charge is 0.234 e. The first-order valence-electron chi connectivity index (χ1n) is 8.41. The highest BCUT2D eigenvalue weighted by Gasteiger charge is 2.20. The van der Waals surface area contributed by atoms with E-state index < -0.39 is 0 Å². The third-order valence-corrected chi connectivity index (χ3v) is 4.69. The Morgan fingerprint density at radius 1 is 1.29 bits per heavy atom. The van der Waals surface area contributed by atoms with Gasteiger partial charge in [0, 0.05) is 32.1 Å². The molecule has 0 aromatic carbocycles. The molecule has 1 N–H and O–H groups in total. The second kappa shape index (κ2) is 8.37. The summed E-state index contributed by atoms with van der Waals surface area (Å²) in [5.74, 6) is 0.370. The first kappa shape index (κ1) is 16.3. The predicted octanol–water partition coefficient (Wildman–Crippen LogP) is 1.38. The summed E-state index contributed by atoms with van der Waals surface area (Å²) in [5, 5.41) is 2.97. The Morgan fingerprint density at radius 2 is 2.05 bits per heavy atom. The van der Waals surface area contributed by atoms with Crippen molar-refractivity contribution in [2.24, 2.45) is 0 Å². The Morgan fingerprint density at radius 3 is 2.71 bits per heavy atom. The van der Waals surface area contributed by atoms with Crippen molar-refractivity contribution in [3.63, 3.8) is 0 Å². The van der Waals surface area contributed by atoms with Gasteiger partial charge in [0.15, 0.2) is 0 Å². The van der Waals surface area contributed by atoms with E-state index in [1.807, 2.05) is 4.90 Å². The van der Waals surface area contributed by atoms with Crippen molar-refractivity contribution in [1.82, 2.24) is 15.1 Å². The van der Waals surface area contributed by atoms with Gasteiger partial charge in [-0.25, -0.2) is 0 Å². The molecular weight excluding hydrogens is 266 g/mol. The lowest BCUT2D eigenvalue weighted by Gasteiger charge is -2.30. The molecule has 0 aromatic rings. The van der Waals surface area contributed by atoms with Crippen LogP contribution in [-0.2, 0) is 9.59 Å². The summed E-state index contributed by atoms with van der Waals surface area (Å²) in [5.41, 5.74) is 0. The Kier molecular flexibility index (Phi) is 6.49. The zero-order chi connectivity index (χ0) is 15.1. The highest BCUT2D eigenvalue weighted by Crippen LogP contribution is 2.21. The lowest BCUT2D eigenvalue weighted by molar-refractivity contribution is -0.127. The molecule has 2 aliphatic rings. The van der Waals surface area contributed by atoms with E-state index in [-0.39, 0.29) is 11.8 Å². The van der Waals surface area contributed by atoms with Gasteiger partial charge in [-0.2, -0.15) is 0 Å². The predicted molar refractivity (Wildman–Crippen MR) is 82.9 cm³/mol. The van der Waals surface area contributed by atoms with Crippen LogP contribution in [0.4, 0.5) is 0 Å². The molecule has 0 aromatic heterocycles. The third kappa shape index (κ3) is 5.30. The fraction of sp³-hybridized carbons (Fsp3) is 0.875. The number of nitrogens with zero attached hydrogens (tertiary/aromatic N) is 2. The highest BCUT2D eigenvalue weighted by atomic mass is 16.2. The summed E-state index contributed by atoms with van der Waals surface area (Å²) in [4.78, 5) is 27.5. The van der Waals surface area contributed by atoms with Gasteiger partial charge in [-0.1, -0.05) is 19.3 Å². The Balaban J connectivity index is 1.55. The summed E-state index contributed by atoms with van der Waals surface area (Å²) in [7, 11) is 2.05. The maximum absolute atomic E-state index is 11.9. The maximum atomic E-state index is 11.9. The van der Waals surface area contributed by atoms with E-state index in [1.165, 1.54) is 32.1 Å². The van der Waals surface area contributed by atoms with Crippen LogP contribution in [0.3, 0.4) is 0 Å². The molecule has 0 atom stereocenters. The van der Waals surface area contributed by atoms with Crippen LogP contribution in [0.25, 0.3) is 0 Å². The number of rotatable bonds is 7. The molecule has 5 nitrogen and oxygen atoms in total. The van der Waals surface area contributed by atoms with Crippen LogP contribution < -0.4 is 5.32 Å². The molecule has 0 bridgehead atoms. The number of likely N-dealkylation sites (tertiary alicyclic amines) is 1. The zero-order valence-corrected chi connectivity index (χ0v) is 13.3. The molecule has 1 saturated heterocycles. The number of carbonyl (C=O) groups is 2. The van der Waals surface area contributed by atoms with Gasteiger partial charge >= 0.3 is 0 Å². The van der Waals surface area contributed by atoms with E-state index in [1.54, 1.807) is 0 Å². The molecule has 1 heterocycles. The molecule has 0 spiro atoms. The Labute approximate surface area is 128 Å². The first-order chi connectivity index (χ1) is 10.2. The molecule has 120 valence electrons. The lowest BCUT2D eigenvalue weighted by Crippen LogP contribution is -2.42. The SMILES string of the molecule is CN(CC(=O)NCCCN1CCCC1=O)C1CCCCC1. The van der Waals surface area contributed by atoms with Crippen molar-refractivity contribution < 1.29 is 9.59 Å². The summed E-state index contributed by atoms with van der Waals surface area (Å²) < 4.78 is 0. The van der Waals surface area contributed by atoms with E-state index >= 15 is 0 Å². The van der Waals surface area contributed by atoms with E-state index in [0.29, 0.717) is 25.6 Å². The lowest BCUT2D eigenvalue weighted by atomic mass is 9.94. The minimum atomic E-state index is 0.107. The van der Waals surface area contributed by atoms with Crippen LogP contribution in [0.2, 0.25) is 0 Å². The van der Waals surface area contributed by atoms with Crippen LogP contribution >= 0.6 is 0 Å². The first-order valence-corrected chi connectivity index (χ1v) is 8.41. The molecule has 0 unspecified atom stereocenters. The molecule has 5 heteroatoms. The van der Waals surface area contributed by atoms with Gasteiger partial charge in [0.1, 0.15) is 0 Å². The van der Waals surface area contributed by atoms with E-state index in [0.717, 1.165) is 25.9 Å². The second-order valence-electron chi connectivity index (χ2n) is 6.39. The third-order valence-electron chi connectivity index (χ3n) is 4.69. The van der Waals surface area contributed by atoms with Crippen LogP contribution in [0.1, 0.15) is 51.4 Å². The summed E-state index contributed by atoms with van der Waals surface area (Å²) >= 11 is 0. The average molecular weight is 295 g/mol.